The summed E-state index contributed by atoms with van der Waals surface area (Å²) in [7, 11) is -3.61. The normalized spacial score (nSPS) is 22.8. The van der Waals surface area contributed by atoms with Crippen molar-refractivity contribution in [3.8, 4) is 11.8 Å². The van der Waals surface area contributed by atoms with Crippen LogP contribution >= 0.6 is 0 Å². The highest BCUT2D eigenvalue weighted by molar-refractivity contribution is 7.89. The van der Waals surface area contributed by atoms with Gasteiger partial charge in [-0.1, -0.05) is 24.8 Å². The van der Waals surface area contributed by atoms with Gasteiger partial charge in [0.05, 0.1) is 24.1 Å². The predicted molar refractivity (Wildman–Crippen MR) is 80.9 cm³/mol. The van der Waals surface area contributed by atoms with Crippen LogP contribution in [0.4, 0.5) is 0 Å². The molecule has 0 bridgehead atoms. The van der Waals surface area contributed by atoms with E-state index in [4.69, 9.17) is 5.73 Å². The summed E-state index contributed by atoms with van der Waals surface area (Å²) in [6.07, 6.45) is 0.761. The molecule has 0 aromatic heterocycles. The van der Waals surface area contributed by atoms with Crippen LogP contribution in [0.5, 0.6) is 0 Å². The van der Waals surface area contributed by atoms with Crippen LogP contribution in [-0.4, -0.2) is 43.6 Å². The number of rotatable bonds is 3. The Morgan fingerprint density at radius 3 is 2.90 bits per heavy atom. The van der Waals surface area contributed by atoms with Crippen LogP contribution in [0.3, 0.4) is 0 Å². The van der Waals surface area contributed by atoms with Crippen molar-refractivity contribution in [1.82, 2.24) is 4.31 Å². The monoisotopic (exact) mass is 308 g/mol. The average molecular weight is 308 g/mol. The number of hydrogen-bond donors (Lipinski definition) is 2. The maximum atomic E-state index is 12.7. The summed E-state index contributed by atoms with van der Waals surface area (Å²) >= 11 is 0. The number of sulfonamides is 1. The van der Waals surface area contributed by atoms with Crippen LogP contribution in [0.25, 0.3) is 0 Å². The number of aliphatic hydroxyl groups is 1. The van der Waals surface area contributed by atoms with E-state index in [0.29, 0.717) is 12.1 Å². The van der Waals surface area contributed by atoms with Gasteiger partial charge < -0.3 is 10.8 Å². The van der Waals surface area contributed by atoms with Crippen LogP contribution in [0.2, 0.25) is 0 Å². The Bertz CT molecular complexity index is 661. The first-order valence-electron chi connectivity index (χ1n) is 6.92. The number of benzene rings is 1. The summed E-state index contributed by atoms with van der Waals surface area (Å²) in [5, 5.41) is 9.45. The minimum absolute atomic E-state index is 0.157. The Balaban J connectivity index is 2.36. The van der Waals surface area contributed by atoms with E-state index in [1.54, 1.807) is 24.3 Å². The van der Waals surface area contributed by atoms with Gasteiger partial charge in [0.25, 0.3) is 0 Å². The third-order valence-corrected chi connectivity index (χ3v) is 5.71. The van der Waals surface area contributed by atoms with E-state index < -0.39 is 10.0 Å². The third kappa shape index (κ3) is 3.27. The summed E-state index contributed by atoms with van der Waals surface area (Å²) in [6, 6.07) is 6.17. The highest BCUT2D eigenvalue weighted by atomic mass is 32.2. The minimum atomic E-state index is -3.61. The molecular weight excluding hydrogens is 288 g/mol. The first-order chi connectivity index (χ1) is 10.0. The topological polar surface area (TPSA) is 83.6 Å². The maximum absolute atomic E-state index is 12.7. The standard InChI is InChI=1S/C15H20N2O3S/c1-12-7-9-17(15(12)11-18)21(19,20)14-6-2-4-13(10-14)5-3-8-16/h2,4,6,10,12,15,18H,7-9,11,16H2,1H3. The van der Waals surface area contributed by atoms with Crippen molar-refractivity contribution in [3.05, 3.63) is 29.8 Å². The van der Waals surface area contributed by atoms with Crippen LogP contribution in [0.15, 0.2) is 29.2 Å². The molecule has 0 spiro atoms. The van der Waals surface area contributed by atoms with Crippen molar-refractivity contribution >= 4 is 10.0 Å². The molecule has 114 valence electrons. The summed E-state index contributed by atoms with van der Waals surface area (Å²) in [4.78, 5) is 0.207. The lowest BCUT2D eigenvalue weighted by Crippen LogP contribution is -2.39. The van der Waals surface area contributed by atoms with Crippen LogP contribution in [0, 0.1) is 17.8 Å². The van der Waals surface area contributed by atoms with Gasteiger partial charge in [0.2, 0.25) is 10.0 Å². The molecule has 0 radical (unpaired) electrons. The second-order valence-electron chi connectivity index (χ2n) is 5.17. The van der Waals surface area contributed by atoms with Crippen molar-refractivity contribution in [2.45, 2.75) is 24.3 Å². The second-order valence-corrected chi connectivity index (χ2v) is 7.06. The van der Waals surface area contributed by atoms with Crippen LogP contribution < -0.4 is 5.73 Å². The van der Waals surface area contributed by atoms with Crippen molar-refractivity contribution in [2.24, 2.45) is 11.7 Å². The van der Waals surface area contributed by atoms with E-state index in [1.165, 1.54) is 4.31 Å². The molecule has 2 rings (SSSR count). The molecule has 21 heavy (non-hydrogen) atoms. The fourth-order valence-electron chi connectivity index (χ4n) is 2.57. The lowest BCUT2D eigenvalue weighted by molar-refractivity contribution is 0.191. The third-order valence-electron chi connectivity index (χ3n) is 3.79. The number of nitrogens with zero attached hydrogens (tertiary/aromatic N) is 1. The largest absolute Gasteiger partial charge is 0.395 e. The zero-order valence-corrected chi connectivity index (χ0v) is 12.8. The van der Waals surface area contributed by atoms with E-state index in [0.717, 1.165) is 6.42 Å². The number of hydrogen-bond acceptors (Lipinski definition) is 4. The van der Waals surface area contributed by atoms with E-state index in [-0.39, 0.29) is 30.0 Å². The molecule has 0 amide bonds. The highest BCUT2D eigenvalue weighted by Crippen LogP contribution is 2.29. The van der Waals surface area contributed by atoms with E-state index in [9.17, 15) is 13.5 Å². The van der Waals surface area contributed by atoms with Gasteiger partial charge in [-0.25, -0.2) is 8.42 Å². The molecular formula is C15H20N2O3S. The van der Waals surface area contributed by atoms with E-state index in [1.807, 2.05) is 6.92 Å². The maximum Gasteiger partial charge on any atom is 0.243 e. The Morgan fingerprint density at radius 2 is 2.24 bits per heavy atom. The smallest absolute Gasteiger partial charge is 0.243 e. The van der Waals surface area contributed by atoms with Crippen molar-refractivity contribution < 1.29 is 13.5 Å². The fourth-order valence-corrected chi connectivity index (χ4v) is 4.34. The molecule has 1 fully saturated rings. The summed E-state index contributed by atoms with van der Waals surface area (Å²) in [5.74, 6) is 5.70. The van der Waals surface area contributed by atoms with Crippen molar-refractivity contribution in [1.29, 1.82) is 0 Å². The minimum Gasteiger partial charge on any atom is -0.395 e. The van der Waals surface area contributed by atoms with Gasteiger partial charge in [0, 0.05) is 12.1 Å². The van der Waals surface area contributed by atoms with E-state index >= 15 is 0 Å². The molecule has 1 aliphatic rings. The average Bonchev–Trinajstić information content (AvgIpc) is 2.87. The Hall–Kier alpha value is -1.39. The lowest BCUT2D eigenvalue weighted by Gasteiger charge is -2.24. The molecule has 0 aliphatic carbocycles. The van der Waals surface area contributed by atoms with Gasteiger partial charge in [0.15, 0.2) is 0 Å². The fraction of sp³-hybridized carbons (Fsp3) is 0.467. The van der Waals surface area contributed by atoms with Gasteiger partial charge in [-0.2, -0.15) is 4.31 Å². The molecule has 1 saturated heterocycles. The van der Waals surface area contributed by atoms with Gasteiger partial charge in [-0.15, -0.1) is 0 Å². The molecule has 1 aliphatic heterocycles. The highest BCUT2D eigenvalue weighted by Gasteiger charge is 2.39. The zero-order chi connectivity index (χ0) is 15.5. The predicted octanol–water partition coefficient (Wildman–Crippen LogP) is 0.388. The summed E-state index contributed by atoms with van der Waals surface area (Å²) < 4.78 is 26.8. The van der Waals surface area contributed by atoms with E-state index in [2.05, 4.69) is 11.8 Å². The molecule has 1 heterocycles. The van der Waals surface area contributed by atoms with Gasteiger partial charge >= 0.3 is 0 Å². The number of nitrogens with two attached hydrogens (primary N) is 1. The number of aliphatic hydroxyl groups excluding tert-OH is 1. The van der Waals surface area contributed by atoms with Crippen LogP contribution in [-0.2, 0) is 10.0 Å². The quantitative estimate of drug-likeness (QED) is 0.791. The summed E-state index contributed by atoms with van der Waals surface area (Å²) in [5.41, 5.74) is 5.94. The molecule has 3 N–H and O–H groups in total. The molecule has 1 aromatic carbocycles. The molecule has 0 saturated carbocycles. The first-order valence-corrected chi connectivity index (χ1v) is 8.36. The second kappa shape index (κ2) is 6.58. The van der Waals surface area contributed by atoms with Gasteiger partial charge in [-0.05, 0) is 30.5 Å². The molecule has 2 atom stereocenters. The Morgan fingerprint density at radius 1 is 1.48 bits per heavy atom. The zero-order valence-electron chi connectivity index (χ0n) is 12.0. The lowest BCUT2D eigenvalue weighted by atomic mass is 10.0. The molecule has 2 unspecified atom stereocenters. The Kier molecular flexibility index (Phi) is 5.01. The molecule has 6 heteroatoms. The van der Waals surface area contributed by atoms with Crippen molar-refractivity contribution in [3.63, 3.8) is 0 Å². The van der Waals surface area contributed by atoms with Crippen molar-refractivity contribution in [2.75, 3.05) is 19.7 Å². The van der Waals surface area contributed by atoms with Gasteiger partial charge in [0.1, 0.15) is 0 Å². The molecule has 5 nitrogen and oxygen atoms in total. The SMILES string of the molecule is CC1CCN(S(=O)(=O)c2cccc(C#CCN)c2)C1CO. The summed E-state index contributed by atoms with van der Waals surface area (Å²) in [6.45, 7) is 2.47. The van der Waals surface area contributed by atoms with Gasteiger partial charge in [-0.3, -0.25) is 0 Å². The molecule has 1 aromatic rings. The first kappa shape index (κ1) is 16.0. The Labute approximate surface area is 125 Å². The van der Waals surface area contributed by atoms with Crippen LogP contribution in [0.1, 0.15) is 18.9 Å².